The van der Waals surface area contributed by atoms with Gasteiger partial charge < -0.3 is 5.73 Å². The Labute approximate surface area is 109 Å². The first kappa shape index (κ1) is 11.5. The summed E-state index contributed by atoms with van der Waals surface area (Å²) in [6.07, 6.45) is 5.08. The Hall–Kier alpha value is -2.63. The second kappa shape index (κ2) is 4.24. The lowest BCUT2D eigenvalue weighted by molar-refractivity contribution is 0.611. The molecular formula is C13H12FN5. The molecule has 2 heterocycles. The number of hydrogen-bond acceptors (Lipinski definition) is 3. The molecule has 0 amide bonds. The second-order valence-electron chi connectivity index (χ2n) is 4.23. The third-order valence-corrected chi connectivity index (χ3v) is 2.82. The molecule has 0 fully saturated rings. The van der Waals surface area contributed by atoms with Crippen molar-refractivity contribution in [1.29, 1.82) is 0 Å². The zero-order valence-electron chi connectivity index (χ0n) is 10.3. The van der Waals surface area contributed by atoms with E-state index in [2.05, 4.69) is 10.2 Å². The van der Waals surface area contributed by atoms with Crippen LogP contribution in [0.2, 0.25) is 0 Å². The van der Waals surface area contributed by atoms with Gasteiger partial charge in [0.15, 0.2) is 0 Å². The van der Waals surface area contributed by atoms with Crippen LogP contribution < -0.4 is 5.73 Å². The molecule has 3 aromatic rings. The first-order chi connectivity index (χ1) is 9.15. The van der Waals surface area contributed by atoms with Gasteiger partial charge in [0, 0.05) is 18.8 Å². The lowest BCUT2D eigenvalue weighted by atomic mass is 10.2. The lowest BCUT2D eigenvalue weighted by Crippen LogP contribution is -1.97. The monoisotopic (exact) mass is 257 g/mol. The third-order valence-electron chi connectivity index (χ3n) is 2.82. The van der Waals surface area contributed by atoms with E-state index in [4.69, 9.17) is 5.73 Å². The molecule has 2 aromatic heterocycles. The van der Waals surface area contributed by atoms with E-state index in [9.17, 15) is 4.39 Å². The van der Waals surface area contributed by atoms with Crippen molar-refractivity contribution in [3.8, 4) is 16.9 Å². The van der Waals surface area contributed by atoms with Gasteiger partial charge in [0.25, 0.3) is 0 Å². The van der Waals surface area contributed by atoms with E-state index in [-0.39, 0.29) is 5.82 Å². The van der Waals surface area contributed by atoms with E-state index in [1.165, 1.54) is 10.7 Å². The summed E-state index contributed by atoms with van der Waals surface area (Å²) in [5.41, 5.74) is 8.17. The molecule has 0 atom stereocenters. The number of anilines is 1. The molecule has 5 nitrogen and oxygen atoms in total. The Balaban J connectivity index is 2.10. The van der Waals surface area contributed by atoms with Crippen LogP contribution in [0.4, 0.5) is 10.1 Å². The van der Waals surface area contributed by atoms with E-state index < -0.39 is 0 Å². The topological polar surface area (TPSA) is 61.7 Å². The summed E-state index contributed by atoms with van der Waals surface area (Å²) in [5, 5.41) is 8.39. The molecule has 0 radical (unpaired) electrons. The lowest BCUT2D eigenvalue weighted by Gasteiger charge is -2.01. The highest BCUT2D eigenvalue weighted by Crippen LogP contribution is 2.25. The van der Waals surface area contributed by atoms with Gasteiger partial charge in [0.2, 0.25) is 0 Å². The van der Waals surface area contributed by atoms with Crippen LogP contribution in [0.3, 0.4) is 0 Å². The minimum atomic E-state index is -0.345. The Morgan fingerprint density at radius 1 is 1.21 bits per heavy atom. The zero-order chi connectivity index (χ0) is 13.4. The summed E-state index contributed by atoms with van der Waals surface area (Å²) in [4.78, 5) is 0. The van der Waals surface area contributed by atoms with Gasteiger partial charge in [-0.1, -0.05) is 12.1 Å². The molecule has 0 aliphatic carbocycles. The fourth-order valence-electron chi connectivity index (χ4n) is 1.92. The minimum Gasteiger partial charge on any atom is -0.396 e. The van der Waals surface area contributed by atoms with Gasteiger partial charge in [-0.15, -0.1) is 0 Å². The molecule has 3 rings (SSSR count). The molecule has 0 bridgehead atoms. The summed E-state index contributed by atoms with van der Waals surface area (Å²) in [6, 6.07) is 6.42. The molecule has 19 heavy (non-hydrogen) atoms. The van der Waals surface area contributed by atoms with Crippen molar-refractivity contribution in [2.24, 2.45) is 7.05 Å². The number of para-hydroxylation sites is 1. The SMILES string of the molecule is Cn1cc(-c2nn(-c3ccccc3F)cc2N)cn1. The summed E-state index contributed by atoms with van der Waals surface area (Å²) < 4.78 is 16.8. The van der Waals surface area contributed by atoms with Crippen LogP contribution in [-0.2, 0) is 7.05 Å². The molecule has 0 saturated carbocycles. The fourth-order valence-corrected chi connectivity index (χ4v) is 1.92. The van der Waals surface area contributed by atoms with Crippen LogP contribution >= 0.6 is 0 Å². The molecule has 1 aromatic carbocycles. The smallest absolute Gasteiger partial charge is 0.148 e. The average Bonchev–Trinajstić information content (AvgIpc) is 2.96. The second-order valence-corrected chi connectivity index (χ2v) is 4.23. The van der Waals surface area contributed by atoms with E-state index in [0.29, 0.717) is 17.1 Å². The number of rotatable bonds is 2. The number of nitrogens with two attached hydrogens (primary N) is 1. The predicted octanol–water partition coefficient (Wildman–Crippen LogP) is 1.99. The standard InChI is InChI=1S/C13H12FN5/c1-18-7-9(6-16-18)13-11(15)8-19(17-13)12-5-3-2-4-10(12)14/h2-8H,15H2,1H3. The fraction of sp³-hybridized carbons (Fsp3) is 0.0769. The number of hydrogen-bond donors (Lipinski definition) is 1. The summed E-state index contributed by atoms with van der Waals surface area (Å²) in [5.74, 6) is -0.345. The average molecular weight is 257 g/mol. The highest BCUT2D eigenvalue weighted by Gasteiger charge is 2.12. The van der Waals surface area contributed by atoms with E-state index in [1.54, 1.807) is 35.3 Å². The maximum absolute atomic E-state index is 13.7. The molecule has 96 valence electrons. The predicted molar refractivity (Wildman–Crippen MR) is 70.1 cm³/mol. The van der Waals surface area contributed by atoms with Crippen molar-refractivity contribution >= 4 is 5.69 Å². The molecule has 0 saturated heterocycles. The summed E-state index contributed by atoms with van der Waals surface area (Å²) in [7, 11) is 1.81. The first-order valence-corrected chi connectivity index (χ1v) is 5.74. The van der Waals surface area contributed by atoms with Gasteiger partial charge in [-0.2, -0.15) is 10.2 Å². The Morgan fingerprint density at radius 2 is 2.00 bits per heavy atom. The number of aryl methyl sites for hydroxylation is 1. The number of nitrogen functional groups attached to an aromatic ring is 1. The van der Waals surface area contributed by atoms with Gasteiger partial charge in [0.05, 0.1) is 18.1 Å². The highest BCUT2D eigenvalue weighted by molar-refractivity contribution is 5.71. The largest absolute Gasteiger partial charge is 0.396 e. The Morgan fingerprint density at radius 3 is 2.68 bits per heavy atom. The quantitative estimate of drug-likeness (QED) is 0.763. The van der Waals surface area contributed by atoms with Crippen molar-refractivity contribution in [3.05, 3.63) is 48.7 Å². The van der Waals surface area contributed by atoms with Gasteiger partial charge >= 0.3 is 0 Å². The summed E-state index contributed by atoms with van der Waals surface area (Å²) in [6.45, 7) is 0. The van der Waals surface area contributed by atoms with Crippen LogP contribution in [0, 0.1) is 5.82 Å². The van der Waals surface area contributed by atoms with Crippen molar-refractivity contribution in [2.75, 3.05) is 5.73 Å². The number of nitrogens with zero attached hydrogens (tertiary/aromatic N) is 4. The molecule has 6 heteroatoms. The molecular weight excluding hydrogens is 245 g/mol. The van der Waals surface area contributed by atoms with Crippen molar-refractivity contribution in [3.63, 3.8) is 0 Å². The van der Waals surface area contributed by atoms with Crippen LogP contribution in [-0.4, -0.2) is 19.6 Å². The van der Waals surface area contributed by atoms with Gasteiger partial charge in [-0.3, -0.25) is 4.68 Å². The minimum absolute atomic E-state index is 0.345. The zero-order valence-corrected chi connectivity index (χ0v) is 10.3. The van der Waals surface area contributed by atoms with Crippen molar-refractivity contribution in [1.82, 2.24) is 19.6 Å². The molecule has 2 N–H and O–H groups in total. The summed E-state index contributed by atoms with van der Waals surface area (Å²) >= 11 is 0. The van der Waals surface area contributed by atoms with Gasteiger partial charge in [0.1, 0.15) is 17.2 Å². The van der Waals surface area contributed by atoms with E-state index in [0.717, 1.165) is 5.56 Å². The van der Waals surface area contributed by atoms with Crippen LogP contribution in [0.25, 0.3) is 16.9 Å². The number of halogens is 1. The molecule has 0 aliphatic heterocycles. The number of aromatic nitrogens is 4. The normalized spacial score (nSPS) is 10.8. The Kier molecular flexibility index (Phi) is 2.56. The van der Waals surface area contributed by atoms with Gasteiger partial charge in [-0.05, 0) is 12.1 Å². The van der Waals surface area contributed by atoms with E-state index in [1.807, 2.05) is 13.2 Å². The number of benzene rings is 1. The molecule has 0 spiro atoms. The van der Waals surface area contributed by atoms with E-state index >= 15 is 0 Å². The van der Waals surface area contributed by atoms with Crippen LogP contribution in [0.1, 0.15) is 0 Å². The van der Waals surface area contributed by atoms with Gasteiger partial charge in [-0.25, -0.2) is 9.07 Å². The van der Waals surface area contributed by atoms with Crippen molar-refractivity contribution in [2.45, 2.75) is 0 Å². The molecule has 0 unspecified atom stereocenters. The molecule has 0 aliphatic rings. The maximum atomic E-state index is 13.7. The van der Waals surface area contributed by atoms with Crippen LogP contribution in [0.15, 0.2) is 42.9 Å². The van der Waals surface area contributed by atoms with Crippen LogP contribution in [0.5, 0.6) is 0 Å². The first-order valence-electron chi connectivity index (χ1n) is 5.74. The highest BCUT2D eigenvalue weighted by atomic mass is 19.1. The van der Waals surface area contributed by atoms with Crippen molar-refractivity contribution < 1.29 is 4.39 Å². The Bertz CT molecular complexity index is 728. The maximum Gasteiger partial charge on any atom is 0.148 e. The third kappa shape index (κ3) is 1.97.